The van der Waals surface area contributed by atoms with Crippen molar-refractivity contribution < 1.29 is 29.3 Å². The molecule has 9 heteroatoms. The van der Waals surface area contributed by atoms with E-state index in [0.717, 1.165) is 24.8 Å². The van der Waals surface area contributed by atoms with Crippen LogP contribution in [0.1, 0.15) is 31.7 Å². The third-order valence-corrected chi connectivity index (χ3v) is 4.62. The highest BCUT2D eigenvalue weighted by molar-refractivity contribution is 5.81. The second kappa shape index (κ2) is 13.0. The quantitative estimate of drug-likeness (QED) is 0.489. The third-order valence-electron chi connectivity index (χ3n) is 4.62. The first kappa shape index (κ1) is 23.9. The molecule has 1 aromatic carbocycles. The van der Waals surface area contributed by atoms with E-state index in [1.165, 1.54) is 0 Å². The molecule has 1 aromatic rings. The van der Waals surface area contributed by atoms with Gasteiger partial charge in [-0.3, -0.25) is 14.5 Å². The van der Waals surface area contributed by atoms with Crippen LogP contribution in [0.5, 0.6) is 11.5 Å². The average molecular weight is 424 g/mol. The molecule has 1 unspecified atom stereocenters. The van der Waals surface area contributed by atoms with E-state index in [-0.39, 0.29) is 31.4 Å². The van der Waals surface area contributed by atoms with E-state index in [2.05, 4.69) is 10.6 Å². The highest BCUT2D eigenvalue weighted by Gasteiger charge is 2.20. The Kier molecular flexibility index (Phi) is 10.4. The van der Waals surface area contributed by atoms with Crippen molar-refractivity contribution in [3.63, 3.8) is 0 Å². The number of para-hydroxylation sites is 1. The number of carbonyl (C=O) groups excluding carboxylic acids is 2. The Balaban J connectivity index is 2.19. The molecule has 1 heterocycles. The van der Waals surface area contributed by atoms with Gasteiger partial charge >= 0.3 is 0 Å². The lowest BCUT2D eigenvalue weighted by Crippen LogP contribution is -2.44. The number of nitrogens with zero attached hydrogens (tertiary/aromatic N) is 1. The van der Waals surface area contributed by atoms with Crippen LogP contribution in [-0.4, -0.2) is 79.0 Å². The average Bonchev–Trinajstić information content (AvgIpc) is 2.73. The number of rotatable bonds is 7. The summed E-state index contributed by atoms with van der Waals surface area (Å²) >= 11 is 0. The molecule has 9 nitrogen and oxygen atoms in total. The lowest BCUT2D eigenvalue weighted by atomic mass is 10.1. The Morgan fingerprint density at radius 3 is 2.93 bits per heavy atom. The SMILES string of the molecule is CCOc1cccc2c1OCCCCCNC(=O)CN(CC(=O)NCC(O)CO)C2. The molecular weight excluding hydrogens is 390 g/mol. The summed E-state index contributed by atoms with van der Waals surface area (Å²) in [6.07, 6.45) is 1.64. The summed E-state index contributed by atoms with van der Waals surface area (Å²) in [5.74, 6) is 0.786. The summed E-state index contributed by atoms with van der Waals surface area (Å²) in [5, 5.41) is 23.8. The van der Waals surface area contributed by atoms with Crippen LogP contribution in [0, 0.1) is 0 Å². The lowest BCUT2D eigenvalue weighted by molar-refractivity contribution is -0.125. The minimum atomic E-state index is -1.02. The van der Waals surface area contributed by atoms with Crippen molar-refractivity contribution >= 4 is 11.8 Å². The van der Waals surface area contributed by atoms with E-state index in [0.29, 0.717) is 37.8 Å². The molecule has 0 saturated heterocycles. The predicted octanol–water partition coefficient (Wildman–Crippen LogP) is 0.0356. The highest BCUT2D eigenvalue weighted by Crippen LogP contribution is 2.32. The Labute approximate surface area is 177 Å². The topological polar surface area (TPSA) is 120 Å². The van der Waals surface area contributed by atoms with Crippen LogP contribution in [0.4, 0.5) is 0 Å². The number of hydrogen-bond donors (Lipinski definition) is 4. The van der Waals surface area contributed by atoms with Crippen LogP contribution in [0.2, 0.25) is 0 Å². The van der Waals surface area contributed by atoms with Gasteiger partial charge in [-0.05, 0) is 32.3 Å². The zero-order valence-corrected chi connectivity index (χ0v) is 17.6. The number of aliphatic hydroxyl groups is 2. The molecule has 0 radical (unpaired) electrons. The van der Waals surface area contributed by atoms with Gasteiger partial charge in [0.05, 0.1) is 39.0 Å². The summed E-state index contributed by atoms with van der Waals surface area (Å²) in [7, 11) is 0. The lowest BCUT2D eigenvalue weighted by Gasteiger charge is -2.23. The Hall–Kier alpha value is -2.36. The van der Waals surface area contributed by atoms with Crippen molar-refractivity contribution in [1.82, 2.24) is 15.5 Å². The van der Waals surface area contributed by atoms with Crippen molar-refractivity contribution in [3.8, 4) is 11.5 Å². The van der Waals surface area contributed by atoms with E-state index in [1.54, 1.807) is 4.90 Å². The van der Waals surface area contributed by atoms with Crippen LogP contribution in [0.25, 0.3) is 0 Å². The number of amides is 2. The molecule has 0 bridgehead atoms. The maximum absolute atomic E-state index is 12.4. The molecule has 0 fully saturated rings. The van der Waals surface area contributed by atoms with Gasteiger partial charge in [-0.2, -0.15) is 0 Å². The molecule has 1 atom stereocenters. The number of fused-ring (bicyclic) bond motifs is 1. The van der Waals surface area contributed by atoms with Crippen molar-refractivity contribution in [3.05, 3.63) is 23.8 Å². The molecule has 0 saturated carbocycles. The highest BCUT2D eigenvalue weighted by atomic mass is 16.5. The van der Waals surface area contributed by atoms with Gasteiger partial charge in [0.1, 0.15) is 0 Å². The van der Waals surface area contributed by atoms with Crippen molar-refractivity contribution in [2.45, 2.75) is 38.8 Å². The first-order valence-electron chi connectivity index (χ1n) is 10.5. The fourth-order valence-electron chi connectivity index (χ4n) is 3.15. The zero-order valence-electron chi connectivity index (χ0n) is 17.6. The van der Waals surface area contributed by atoms with Crippen molar-refractivity contribution in [2.24, 2.45) is 0 Å². The summed E-state index contributed by atoms with van der Waals surface area (Å²) < 4.78 is 11.8. The zero-order chi connectivity index (χ0) is 21.8. The fourth-order valence-corrected chi connectivity index (χ4v) is 3.15. The standard InChI is InChI=1S/C21H33N3O6/c1-2-29-18-8-6-7-16-12-24(14-20(28)23-11-17(26)15-25)13-19(27)22-9-4-3-5-10-30-21(16)18/h6-8,17,25-26H,2-5,9-15H2,1H3,(H,22,27)(H,23,28). The first-order chi connectivity index (χ1) is 14.5. The number of nitrogens with one attached hydrogen (secondary N) is 2. The smallest absolute Gasteiger partial charge is 0.234 e. The van der Waals surface area contributed by atoms with Gasteiger partial charge in [-0.1, -0.05) is 12.1 Å². The maximum Gasteiger partial charge on any atom is 0.234 e. The van der Waals surface area contributed by atoms with E-state index in [1.807, 2.05) is 25.1 Å². The van der Waals surface area contributed by atoms with Crippen LogP contribution in [0.3, 0.4) is 0 Å². The molecule has 30 heavy (non-hydrogen) atoms. The monoisotopic (exact) mass is 423 g/mol. The van der Waals surface area contributed by atoms with Gasteiger partial charge in [0.2, 0.25) is 11.8 Å². The second-order valence-electron chi connectivity index (χ2n) is 7.22. The summed E-state index contributed by atoms with van der Waals surface area (Å²) in [6.45, 7) is 3.38. The maximum atomic E-state index is 12.4. The van der Waals surface area contributed by atoms with Crippen molar-refractivity contribution in [2.75, 3.05) is 46.0 Å². The molecule has 1 aliphatic heterocycles. The summed E-state index contributed by atoms with van der Waals surface area (Å²) in [4.78, 5) is 26.4. The minimum Gasteiger partial charge on any atom is -0.490 e. The molecule has 2 rings (SSSR count). The molecule has 2 amide bonds. The van der Waals surface area contributed by atoms with Crippen molar-refractivity contribution in [1.29, 1.82) is 0 Å². The number of aliphatic hydroxyl groups excluding tert-OH is 2. The normalized spacial score (nSPS) is 17.2. The van der Waals surface area contributed by atoms with Gasteiger partial charge < -0.3 is 30.3 Å². The van der Waals surface area contributed by atoms with E-state index in [9.17, 15) is 14.7 Å². The predicted molar refractivity (Wildman–Crippen MR) is 111 cm³/mol. The Bertz CT molecular complexity index is 685. The summed E-state index contributed by atoms with van der Waals surface area (Å²) in [6, 6.07) is 5.61. The fraction of sp³-hybridized carbons (Fsp3) is 0.619. The Morgan fingerprint density at radius 2 is 2.17 bits per heavy atom. The second-order valence-corrected chi connectivity index (χ2v) is 7.22. The first-order valence-corrected chi connectivity index (χ1v) is 10.5. The number of hydrogen-bond acceptors (Lipinski definition) is 7. The van der Waals surface area contributed by atoms with Gasteiger partial charge in [0.25, 0.3) is 0 Å². The third kappa shape index (κ3) is 8.17. The summed E-state index contributed by atoms with van der Waals surface area (Å²) in [5.41, 5.74) is 0.830. The van der Waals surface area contributed by atoms with Crippen LogP contribution >= 0.6 is 0 Å². The van der Waals surface area contributed by atoms with Crippen LogP contribution < -0.4 is 20.1 Å². The molecule has 0 aromatic heterocycles. The molecule has 1 aliphatic rings. The Morgan fingerprint density at radius 1 is 1.33 bits per heavy atom. The molecule has 168 valence electrons. The van der Waals surface area contributed by atoms with Gasteiger partial charge in [-0.15, -0.1) is 0 Å². The molecule has 0 spiro atoms. The molecular formula is C21H33N3O6. The largest absolute Gasteiger partial charge is 0.490 e. The molecule has 4 N–H and O–H groups in total. The van der Waals surface area contributed by atoms with Gasteiger partial charge in [-0.25, -0.2) is 0 Å². The number of ether oxygens (including phenoxy) is 2. The minimum absolute atomic E-state index is 0.0378. The number of benzene rings is 1. The van der Waals surface area contributed by atoms with Gasteiger partial charge in [0, 0.05) is 25.2 Å². The van der Waals surface area contributed by atoms with Crippen LogP contribution in [0.15, 0.2) is 18.2 Å². The van der Waals surface area contributed by atoms with E-state index < -0.39 is 12.7 Å². The van der Waals surface area contributed by atoms with E-state index >= 15 is 0 Å². The number of carbonyl (C=O) groups is 2. The van der Waals surface area contributed by atoms with E-state index in [4.69, 9.17) is 14.6 Å². The van der Waals surface area contributed by atoms with Gasteiger partial charge in [0.15, 0.2) is 11.5 Å². The molecule has 0 aliphatic carbocycles. The van der Waals surface area contributed by atoms with Crippen LogP contribution in [-0.2, 0) is 16.1 Å².